The molecule has 0 aromatic heterocycles. The van der Waals surface area contributed by atoms with Crippen molar-refractivity contribution in [3.63, 3.8) is 0 Å². The van der Waals surface area contributed by atoms with Gasteiger partial charge in [-0.05, 0) is 50.6 Å². The van der Waals surface area contributed by atoms with E-state index in [4.69, 9.17) is 0 Å². The molecule has 0 bridgehead atoms. The van der Waals surface area contributed by atoms with Gasteiger partial charge in [0.05, 0.1) is 0 Å². The van der Waals surface area contributed by atoms with E-state index in [1.165, 1.54) is 45.2 Å². The standard InChI is InChI=1S/C15H30N2/c1-5-17(13-8-9-13)11-12-7-6-10-15(2,3)14(12)16-4/h12-14,16H,5-11H2,1-4H3. The van der Waals surface area contributed by atoms with Crippen molar-refractivity contribution in [2.24, 2.45) is 11.3 Å². The molecule has 0 aliphatic heterocycles. The molecule has 0 saturated heterocycles. The predicted molar refractivity (Wildman–Crippen MR) is 74.2 cm³/mol. The first kappa shape index (κ1) is 13.4. The maximum Gasteiger partial charge on any atom is 0.0156 e. The fourth-order valence-corrected chi connectivity index (χ4v) is 3.88. The van der Waals surface area contributed by atoms with Gasteiger partial charge in [-0.2, -0.15) is 0 Å². The average Bonchev–Trinajstić information content (AvgIpc) is 3.08. The van der Waals surface area contributed by atoms with Gasteiger partial charge in [0.15, 0.2) is 0 Å². The predicted octanol–water partition coefficient (Wildman–Crippen LogP) is 2.89. The van der Waals surface area contributed by atoms with Crippen LogP contribution in [0.2, 0.25) is 0 Å². The summed E-state index contributed by atoms with van der Waals surface area (Å²) in [6, 6.07) is 1.62. The Morgan fingerprint density at radius 2 is 1.94 bits per heavy atom. The molecule has 2 nitrogen and oxygen atoms in total. The highest BCUT2D eigenvalue weighted by atomic mass is 15.2. The molecule has 17 heavy (non-hydrogen) atoms. The van der Waals surface area contributed by atoms with Crippen molar-refractivity contribution in [1.29, 1.82) is 0 Å². The highest BCUT2D eigenvalue weighted by Gasteiger charge is 2.40. The Bertz CT molecular complexity index is 245. The molecular formula is C15H30N2. The zero-order valence-corrected chi connectivity index (χ0v) is 12.1. The molecule has 0 aromatic rings. The number of nitrogens with zero attached hydrogens (tertiary/aromatic N) is 1. The lowest BCUT2D eigenvalue weighted by Crippen LogP contribution is -2.51. The first-order valence-corrected chi connectivity index (χ1v) is 7.49. The van der Waals surface area contributed by atoms with Crippen molar-refractivity contribution in [3.8, 4) is 0 Å². The lowest BCUT2D eigenvalue weighted by Gasteiger charge is -2.45. The van der Waals surface area contributed by atoms with Crippen LogP contribution >= 0.6 is 0 Å². The van der Waals surface area contributed by atoms with Crippen LogP contribution in [0.3, 0.4) is 0 Å². The second-order valence-corrected chi connectivity index (χ2v) is 6.73. The van der Waals surface area contributed by atoms with E-state index in [9.17, 15) is 0 Å². The SMILES string of the molecule is CCN(CC1CCCC(C)(C)C1NC)C1CC1. The molecule has 2 atom stereocenters. The van der Waals surface area contributed by atoms with E-state index in [1.54, 1.807) is 0 Å². The molecule has 2 saturated carbocycles. The molecule has 0 spiro atoms. The fourth-order valence-electron chi connectivity index (χ4n) is 3.88. The van der Waals surface area contributed by atoms with E-state index in [2.05, 4.69) is 38.0 Å². The first-order valence-electron chi connectivity index (χ1n) is 7.49. The van der Waals surface area contributed by atoms with E-state index in [-0.39, 0.29) is 0 Å². The zero-order chi connectivity index (χ0) is 12.5. The van der Waals surface area contributed by atoms with Gasteiger partial charge < -0.3 is 10.2 Å². The molecule has 2 unspecified atom stereocenters. The molecule has 2 rings (SSSR count). The molecule has 100 valence electrons. The third-order valence-electron chi connectivity index (χ3n) is 4.96. The molecule has 0 aromatic carbocycles. The third-order valence-corrected chi connectivity index (χ3v) is 4.96. The lowest BCUT2D eigenvalue weighted by atomic mass is 9.68. The molecule has 2 aliphatic carbocycles. The van der Waals surface area contributed by atoms with Crippen LogP contribution in [0.25, 0.3) is 0 Å². The molecule has 0 amide bonds. The molecule has 2 aliphatic rings. The van der Waals surface area contributed by atoms with Crippen LogP contribution in [0, 0.1) is 11.3 Å². The van der Waals surface area contributed by atoms with Crippen LogP contribution in [0.15, 0.2) is 0 Å². The Labute approximate surface area is 107 Å². The van der Waals surface area contributed by atoms with Crippen LogP contribution in [-0.2, 0) is 0 Å². The van der Waals surface area contributed by atoms with Gasteiger partial charge in [0.2, 0.25) is 0 Å². The van der Waals surface area contributed by atoms with Crippen LogP contribution in [0.5, 0.6) is 0 Å². The van der Waals surface area contributed by atoms with Gasteiger partial charge in [0.1, 0.15) is 0 Å². The molecule has 0 radical (unpaired) electrons. The maximum atomic E-state index is 3.61. The van der Waals surface area contributed by atoms with Crippen molar-refractivity contribution >= 4 is 0 Å². The summed E-state index contributed by atoms with van der Waals surface area (Å²) < 4.78 is 0. The van der Waals surface area contributed by atoms with Gasteiger partial charge in [0.25, 0.3) is 0 Å². The van der Waals surface area contributed by atoms with E-state index < -0.39 is 0 Å². The zero-order valence-electron chi connectivity index (χ0n) is 12.1. The van der Waals surface area contributed by atoms with E-state index in [0.717, 1.165) is 12.0 Å². The summed E-state index contributed by atoms with van der Waals surface area (Å²) in [5.74, 6) is 0.851. The Morgan fingerprint density at radius 3 is 2.47 bits per heavy atom. The van der Waals surface area contributed by atoms with Crippen molar-refractivity contribution in [3.05, 3.63) is 0 Å². The highest BCUT2D eigenvalue weighted by Crippen LogP contribution is 2.40. The van der Waals surface area contributed by atoms with Gasteiger partial charge in [-0.3, -0.25) is 0 Å². The van der Waals surface area contributed by atoms with E-state index >= 15 is 0 Å². The third kappa shape index (κ3) is 3.03. The van der Waals surface area contributed by atoms with Crippen molar-refractivity contribution in [2.45, 2.75) is 65.0 Å². The van der Waals surface area contributed by atoms with Crippen LogP contribution < -0.4 is 5.32 Å². The molecule has 2 fully saturated rings. The minimum atomic E-state index is 0.473. The normalized spacial score (nSPS) is 33.0. The summed E-state index contributed by atoms with van der Waals surface area (Å²) in [5.41, 5.74) is 0.473. The second-order valence-electron chi connectivity index (χ2n) is 6.73. The Kier molecular flexibility index (Phi) is 4.14. The minimum absolute atomic E-state index is 0.473. The number of hydrogen-bond acceptors (Lipinski definition) is 2. The Balaban J connectivity index is 1.97. The maximum absolute atomic E-state index is 3.61. The summed E-state index contributed by atoms with van der Waals surface area (Å²) in [6.07, 6.45) is 7.09. The first-order chi connectivity index (χ1) is 8.08. The summed E-state index contributed by atoms with van der Waals surface area (Å²) in [4.78, 5) is 2.72. The van der Waals surface area contributed by atoms with Gasteiger partial charge in [-0.15, -0.1) is 0 Å². The fraction of sp³-hybridized carbons (Fsp3) is 1.00. The summed E-state index contributed by atoms with van der Waals surface area (Å²) in [7, 11) is 2.15. The number of hydrogen-bond donors (Lipinski definition) is 1. The Hall–Kier alpha value is -0.0800. The number of rotatable bonds is 5. The summed E-state index contributed by atoms with van der Waals surface area (Å²) >= 11 is 0. The van der Waals surface area contributed by atoms with E-state index in [1.807, 2.05) is 0 Å². The quantitative estimate of drug-likeness (QED) is 0.792. The molecule has 0 heterocycles. The van der Waals surface area contributed by atoms with Gasteiger partial charge in [-0.1, -0.05) is 27.2 Å². The smallest absolute Gasteiger partial charge is 0.0156 e. The van der Waals surface area contributed by atoms with Crippen molar-refractivity contribution in [2.75, 3.05) is 20.1 Å². The van der Waals surface area contributed by atoms with Crippen LogP contribution in [-0.4, -0.2) is 37.1 Å². The van der Waals surface area contributed by atoms with Crippen molar-refractivity contribution in [1.82, 2.24) is 10.2 Å². The summed E-state index contributed by atoms with van der Waals surface area (Å²) in [5, 5.41) is 3.61. The van der Waals surface area contributed by atoms with Gasteiger partial charge in [0, 0.05) is 18.6 Å². The average molecular weight is 238 g/mol. The Morgan fingerprint density at radius 1 is 1.24 bits per heavy atom. The molecule has 1 N–H and O–H groups in total. The second kappa shape index (κ2) is 5.27. The van der Waals surface area contributed by atoms with Crippen LogP contribution in [0.1, 0.15) is 52.9 Å². The lowest BCUT2D eigenvalue weighted by molar-refractivity contribution is 0.0826. The topological polar surface area (TPSA) is 15.3 Å². The summed E-state index contributed by atoms with van der Waals surface area (Å²) in [6.45, 7) is 9.75. The highest BCUT2D eigenvalue weighted by molar-refractivity contribution is 4.95. The van der Waals surface area contributed by atoms with Gasteiger partial charge in [-0.25, -0.2) is 0 Å². The molecular weight excluding hydrogens is 208 g/mol. The monoisotopic (exact) mass is 238 g/mol. The van der Waals surface area contributed by atoms with Gasteiger partial charge >= 0.3 is 0 Å². The largest absolute Gasteiger partial charge is 0.316 e. The van der Waals surface area contributed by atoms with Crippen molar-refractivity contribution < 1.29 is 0 Å². The van der Waals surface area contributed by atoms with Crippen LogP contribution in [0.4, 0.5) is 0 Å². The number of nitrogens with one attached hydrogen (secondary N) is 1. The molecule has 2 heteroatoms. The van der Waals surface area contributed by atoms with E-state index in [0.29, 0.717) is 11.5 Å². The minimum Gasteiger partial charge on any atom is -0.316 e.